The van der Waals surface area contributed by atoms with Crippen molar-refractivity contribution in [2.24, 2.45) is 0 Å². The Bertz CT molecular complexity index is 610. The van der Waals surface area contributed by atoms with Crippen LogP contribution in [0, 0.1) is 0 Å². The molecule has 130 valence electrons. The van der Waals surface area contributed by atoms with E-state index in [2.05, 4.69) is 16.0 Å². The number of ether oxygens (including phenoxy) is 1. The van der Waals surface area contributed by atoms with Gasteiger partial charge in [-0.1, -0.05) is 12.5 Å². The number of methoxy groups -OCH3 is 1. The number of rotatable bonds is 7. The van der Waals surface area contributed by atoms with Gasteiger partial charge in [0, 0.05) is 29.2 Å². The highest BCUT2D eigenvalue weighted by Gasteiger charge is 2.42. The molecule has 3 amide bonds. The lowest BCUT2D eigenvalue weighted by Crippen LogP contribution is -2.36. The molecule has 6 nitrogen and oxygen atoms in total. The van der Waals surface area contributed by atoms with E-state index in [-0.39, 0.29) is 24.0 Å². The summed E-state index contributed by atoms with van der Waals surface area (Å²) in [6.07, 6.45) is 3.38. The van der Waals surface area contributed by atoms with Gasteiger partial charge in [0.15, 0.2) is 0 Å². The fraction of sp³-hybridized carbons (Fsp3) is 0.529. The van der Waals surface area contributed by atoms with E-state index in [1.807, 2.05) is 36.0 Å². The molecule has 3 N–H and O–H groups in total. The molecule has 0 saturated carbocycles. The number of anilines is 1. The first-order valence-electron chi connectivity index (χ1n) is 8.28. The molecule has 0 aromatic heterocycles. The molecule has 0 unspecified atom stereocenters. The van der Waals surface area contributed by atoms with Crippen molar-refractivity contribution in [3.05, 3.63) is 24.3 Å². The third-order valence-corrected chi connectivity index (χ3v) is 5.94. The van der Waals surface area contributed by atoms with E-state index in [0.717, 1.165) is 36.5 Å². The van der Waals surface area contributed by atoms with E-state index in [4.69, 9.17) is 4.74 Å². The van der Waals surface area contributed by atoms with Crippen LogP contribution in [0.4, 0.5) is 10.5 Å². The van der Waals surface area contributed by atoms with Gasteiger partial charge in [0.25, 0.3) is 0 Å². The number of urea groups is 1. The average Bonchev–Trinajstić information content (AvgIpc) is 3.11. The number of carbonyl (C=O) groups excluding carboxylic acids is 2. The maximum absolute atomic E-state index is 12.0. The van der Waals surface area contributed by atoms with Gasteiger partial charge in [0.2, 0.25) is 5.91 Å². The second-order valence-corrected chi connectivity index (χ2v) is 7.42. The van der Waals surface area contributed by atoms with Gasteiger partial charge in [-0.2, -0.15) is 11.8 Å². The third kappa shape index (κ3) is 4.14. The van der Waals surface area contributed by atoms with Crippen molar-refractivity contribution >= 4 is 29.4 Å². The van der Waals surface area contributed by atoms with Crippen LogP contribution in [0.25, 0.3) is 0 Å². The number of fused-ring (bicyclic) bond motifs is 1. The van der Waals surface area contributed by atoms with Gasteiger partial charge < -0.3 is 20.7 Å². The highest BCUT2D eigenvalue weighted by Crippen LogP contribution is 2.33. The summed E-state index contributed by atoms with van der Waals surface area (Å²) in [5.41, 5.74) is 0.758. The Labute approximate surface area is 146 Å². The van der Waals surface area contributed by atoms with Crippen molar-refractivity contribution in [1.29, 1.82) is 0 Å². The molecule has 0 aliphatic carbocycles. The zero-order valence-corrected chi connectivity index (χ0v) is 14.5. The SMILES string of the molecule is COc1cccc(NC(=O)CCCC[C@H]2SC[C@@H]3NC(=O)N[C@H]32)c1. The lowest BCUT2D eigenvalue weighted by Gasteiger charge is -2.16. The van der Waals surface area contributed by atoms with Crippen LogP contribution >= 0.6 is 11.8 Å². The lowest BCUT2D eigenvalue weighted by atomic mass is 10.0. The Balaban J connectivity index is 1.36. The minimum Gasteiger partial charge on any atom is -0.497 e. The second-order valence-electron chi connectivity index (χ2n) is 6.15. The van der Waals surface area contributed by atoms with E-state index in [0.29, 0.717) is 11.7 Å². The fourth-order valence-corrected chi connectivity index (χ4v) is 4.74. The zero-order chi connectivity index (χ0) is 16.9. The van der Waals surface area contributed by atoms with Gasteiger partial charge in [-0.25, -0.2) is 4.79 Å². The van der Waals surface area contributed by atoms with E-state index in [1.165, 1.54) is 0 Å². The molecule has 1 aromatic rings. The Morgan fingerprint density at radius 1 is 1.38 bits per heavy atom. The highest BCUT2D eigenvalue weighted by molar-refractivity contribution is 8.00. The first-order chi connectivity index (χ1) is 11.7. The Morgan fingerprint density at radius 2 is 2.25 bits per heavy atom. The Morgan fingerprint density at radius 3 is 3.08 bits per heavy atom. The maximum Gasteiger partial charge on any atom is 0.315 e. The zero-order valence-electron chi connectivity index (χ0n) is 13.7. The van der Waals surface area contributed by atoms with Crippen LogP contribution in [-0.2, 0) is 4.79 Å². The van der Waals surface area contributed by atoms with E-state index in [1.54, 1.807) is 7.11 Å². The van der Waals surface area contributed by atoms with Crippen molar-refractivity contribution in [3.63, 3.8) is 0 Å². The maximum atomic E-state index is 12.0. The standard InChI is InChI=1S/C17H23N3O3S/c1-23-12-6-4-5-11(9-12)18-15(21)8-3-2-7-14-16-13(10-24-14)19-17(22)20-16/h4-6,9,13-14,16H,2-3,7-8,10H2,1H3,(H,18,21)(H2,19,20,22)/t13-,14+,16+/m0/s1. The number of thioether (sulfide) groups is 1. The van der Waals surface area contributed by atoms with Crippen molar-refractivity contribution in [2.45, 2.75) is 43.0 Å². The smallest absolute Gasteiger partial charge is 0.315 e. The van der Waals surface area contributed by atoms with Crippen LogP contribution in [0.1, 0.15) is 25.7 Å². The molecule has 2 heterocycles. The summed E-state index contributed by atoms with van der Waals surface area (Å²) in [5, 5.41) is 9.29. The molecule has 0 bridgehead atoms. The molecular weight excluding hydrogens is 326 g/mol. The number of hydrogen-bond donors (Lipinski definition) is 3. The van der Waals surface area contributed by atoms with Gasteiger partial charge in [-0.15, -0.1) is 0 Å². The van der Waals surface area contributed by atoms with Crippen molar-refractivity contribution in [1.82, 2.24) is 10.6 Å². The molecule has 2 aliphatic rings. The topological polar surface area (TPSA) is 79.5 Å². The number of carbonyl (C=O) groups is 2. The first kappa shape index (κ1) is 17.0. The van der Waals surface area contributed by atoms with E-state index >= 15 is 0 Å². The average molecular weight is 349 g/mol. The van der Waals surface area contributed by atoms with Gasteiger partial charge in [-0.05, 0) is 25.0 Å². The molecule has 0 radical (unpaired) electrons. The largest absolute Gasteiger partial charge is 0.497 e. The van der Waals surface area contributed by atoms with Gasteiger partial charge >= 0.3 is 6.03 Å². The van der Waals surface area contributed by atoms with Crippen LogP contribution in [-0.4, -0.2) is 42.1 Å². The Kier molecular flexibility index (Phi) is 5.50. The molecule has 24 heavy (non-hydrogen) atoms. The third-order valence-electron chi connectivity index (χ3n) is 4.43. The summed E-state index contributed by atoms with van der Waals surface area (Å²) in [5.74, 6) is 1.73. The van der Waals surface area contributed by atoms with Crippen molar-refractivity contribution < 1.29 is 14.3 Å². The number of amides is 3. The normalized spacial score (nSPS) is 24.9. The van der Waals surface area contributed by atoms with Gasteiger partial charge in [-0.3, -0.25) is 4.79 Å². The van der Waals surface area contributed by atoms with Crippen LogP contribution in [0.2, 0.25) is 0 Å². The van der Waals surface area contributed by atoms with Gasteiger partial charge in [0.1, 0.15) is 5.75 Å². The van der Waals surface area contributed by atoms with Crippen LogP contribution in [0.3, 0.4) is 0 Å². The minimum absolute atomic E-state index is 0.0241. The molecule has 2 saturated heterocycles. The lowest BCUT2D eigenvalue weighted by molar-refractivity contribution is -0.116. The molecule has 0 spiro atoms. The summed E-state index contributed by atoms with van der Waals surface area (Å²) in [6.45, 7) is 0. The van der Waals surface area contributed by atoms with E-state index in [9.17, 15) is 9.59 Å². The molecule has 2 fully saturated rings. The number of benzene rings is 1. The minimum atomic E-state index is -0.0482. The molecule has 7 heteroatoms. The van der Waals surface area contributed by atoms with Crippen LogP contribution < -0.4 is 20.7 Å². The number of unbranched alkanes of at least 4 members (excludes halogenated alkanes) is 1. The molecule has 3 rings (SSSR count). The highest BCUT2D eigenvalue weighted by atomic mass is 32.2. The molecular formula is C17H23N3O3S. The second kappa shape index (κ2) is 7.79. The van der Waals surface area contributed by atoms with Crippen LogP contribution in [0.5, 0.6) is 5.75 Å². The fourth-order valence-electron chi connectivity index (χ4n) is 3.20. The van der Waals surface area contributed by atoms with Crippen molar-refractivity contribution in [3.8, 4) is 5.75 Å². The summed E-state index contributed by atoms with van der Waals surface area (Å²) < 4.78 is 5.15. The number of nitrogens with one attached hydrogen (secondary N) is 3. The van der Waals surface area contributed by atoms with E-state index < -0.39 is 0 Å². The Hall–Kier alpha value is -1.89. The van der Waals surface area contributed by atoms with Gasteiger partial charge in [0.05, 0.1) is 19.2 Å². The predicted octanol–water partition coefficient (Wildman–Crippen LogP) is 2.36. The molecule has 1 aromatic carbocycles. The summed E-state index contributed by atoms with van der Waals surface area (Å²) in [6, 6.07) is 7.82. The summed E-state index contributed by atoms with van der Waals surface area (Å²) in [4.78, 5) is 23.4. The molecule has 2 aliphatic heterocycles. The predicted molar refractivity (Wildman–Crippen MR) is 95.6 cm³/mol. The quantitative estimate of drug-likeness (QED) is 0.521. The summed E-state index contributed by atoms with van der Waals surface area (Å²) >= 11 is 1.91. The summed E-state index contributed by atoms with van der Waals surface area (Å²) in [7, 11) is 1.61. The number of hydrogen-bond acceptors (Lipinski definition) is 4. The molecule has 3 atom stereocenters. The first-order valence-corrected chi connectivity index (χ1v) is 9.33. The van der Waals surface area contributed by atoms with Crippen LogP contribution in [0.15, 0.2) is 24.3 Å². The monoisotopic (exact) mass is 349 g/mol. The van der Waals surface area contributed by atoms with Crippen molar-refractivity contribution in [2.75, 3.05) is 18.2 Å².